The molecule has 124 valence electrons. The van der Waals surface area contributed by atoms with Crippen molar-refractivity contribution >= 4 is 5.69 Å². The summed E-state index contributed by atoms with van der Waals surface area (Å²) < 4.78 is 0. The van der Waals surface area contributed by atoms with Gasteiger partial charge in [-0.2, -0.15) is 0 Å². The van der Waals surface area contributed by atoms with E-state index in [4.69, 9.17) is 0 Å². The molecular weight excluding hydrogens is 282 g/mol. The maximum Gasteiger partial charge on any atom is 0.124 e. The van der Waals surface area contributed by atoms with Crippen LogP contribution in [0.2, 0.25) is 0 Å². The SMILES string of the molecule is CC(C)(C)c1cc(CNc2ccccc2)c(O)c(C(C)(C)C)c1. The lowest BCUT2D eigenvalue weighted by Gasteiger charge is -2.27. The third-order valence-electron chi connectivity index (χ3n) is 4.12. The molecule has 2 aromatic carbocycles. The second kappa shape index (κ2) is 6.27. The van der Waals surface area contributed by atoms with Crippen molar-refractivity contribution in [2.45, 2.75) is 58.9 Å². The molecule has 2 rings (SSSR count). The standard InChI is InChI=1S/C21H29NO/c1-20(2,3)16-12-15(14-22-17-10-8-7-9-11-17)19(23)18(13-16)21(4,5)6/h7-13,22-23H,14H2,1-6H3. The fraction of sp³-hybridized carbons (Fsp3) is 0.429. The molecule has 0 aliphatic rings. The Morgan fingerprint density at radius 2 is 1.48 bits per heavy atom. The van der Waals surface area contributed by atoms with Crippen molar-refractivity contribution in [3.8, 4) is 5.75 Å². The first-order chi connectivity index (χ1) is 10.6. The summed E-state index contributed by atoms with van der Waals surface area (Å²) in [6.07, 6.45) is 0. The number of hydrogen-bond donors (Lipinski definition) is 2. The summed E-state index contributed by atoms with van der Waals surface area (Å²) in [6.45, 7) is 13.7. The first-order valence-electron chi connectivity index (χ1n) is 8.25. The highest BCUT2D eigenvalue weighted by Crippen LogP contribution is 2.37. The smallest absolute Gasteiger partial charge is 0.124 e. The number of para-hydroxylation sites is 1. The van der Waals surface area contributed by atoms with Crippen LogP contribution in [-0.2, 0) is 17.4 Å². The summed E-state index contributed by atoms with van der Waals surface area (Å²) in [6, 6.07) is 14.4. The molecule has 0 amide bonds. The quantitative estimate of drug-likeness (QED) is 0.773. The fourth-order valence-electron chi connectivity index (χ4n) is 2.59. The van der Waals surface area contributed by atoms with Crippen LogP contribution in [0.1, 0.15) is 58.2 Å². The van der Waals surface area contributed by atoms with Crippen LogP contribution in [0, 0.1) is 0 Å². The highest BCUT2D eigenvalue weighted by Gasteiger charge is 2.24. The normalized spacial score (nSPS) is 12.3. The van der Waals surface area contributed by atoms with Gasteiger partial charge in [0.15, 0.2) is 0 Å². The van der Waals surface area contributed by atoms with Crippen LogP contribution in [0.5, 0.6) is 5.75 Å². The fourth-order valence-corrected chi connectivity index (χ4v) is 2.59. The van der Waals surface area contributed by atoms with E-state index in [1.165, 1.54) is 5.56 Å². The summed E-state index contributed by atoms with van der Waals surface area (Å²) in [5.74, 6) is 0.411. The van der Waals surface area contributed by atoms with Gasteiger partial charge in [-0.3, -0.25) is 0 Å². The van der Waals surface area contributed by atoms with Gasteiger partial charge in [0.05, 0.1) is 0 Å². The van der Waals surface area contributed by atoms with E-state index in [9.17, 15) is 5.11 Å². The van der Waals surface area contributed by atoms with Gasteiger partial charge in [0.1, 0.15) is 5.75 Å². The Morgan fingerprint density at radius 3 is 2.00 bits per heavy atom. The summed E-state index contributed by atoms with van der Waals surface area (Å²) >= 11 is 0. The van der Waals surface area contributed by atoms with Gasteiger partial charge in [0.2, 0.25) is 0 Å². The van der Waals surface area contributed by atoms with E-state index < -0.39 is 0 Å². The maximum atomic E-state index is 10.8. The lowest BCUT2D eigenvalue weighted by Crippen LogP contribution is -2.18. The van der Waals surface area contributed by atoms with E-state index in [0.717, 1.165) is 16.8 Å². The molecule has 2 heteroatoms. The summed E-state index contributed by atoms with van der Waals surface area (Å²) in [7, 11) is 0. The largest absolute Gasteiger partial charge is 0.507 e. The molecule has 0 fully saturated rings. The zero-order valence-corrected chi connectivity index (χ0v) is 15.2. The Labute approximate surface area is 140 Å². The molecule has 0 saturated carbocycles. The number of rotatable bonds is 3. The number of nitrogens with one attached hydrogen (secondary N) is 1. The van der Waals surface area contributed by atoms with E-state index in [1.807, 2.05) is 30.3 Å². The average Bonchev–Trinajstić information content (AvgIpc) is 2.44. The second-order valence-corrected chi connectivity index (χ2v) is 8.25. The van der Waals surface area contributed by atoms with Crippen molar-refractivity contribution < 1.29 is 5.11 Å². The minimum absolute atomic E-state index is 0.0508. The van der Waals surface area contributed by atoms with Crippen molar-refractivity contribution in [3.63, 3.8) is 0 Å². The van der Waals surface area contributed by atoms with Crippen LogP contribution in [0.25, 0.3) is 0 Å². The predicted octanol–water partition coefficient (Wildman–Crippen LogP) is 5.60. The van der Waals surface area contributed by atoms with Crippen LogP contribution in [0.15, 0.2) is 42.5 Å². The molecule has 2 N–H and O–H groups in total. The molecule has 23 heavy (non-hydrogen) atoms. The van der Waals surface area contributed by atoms with Crippen LogP contribution < -0.4 is 5.32 Å². The Morgan fingerprint density at radius 1 is 0.870 bits per heavy atom. The number of aromatic hydroxyl groups is 1. The lowest BCUT2D eigenvalue weighted by molar-refractivity contribution is 0.439. The topological polar surface area (TPSA) is 32.3 Å². The zero-order chi connectivity index (χ0) is 17.3. The Kier molecular flexibility index (Phi) is 4.74. The second-order valence-electron chi connectivity index (χ2n) is 8.25. The monoisotopic (exact) mass is 311 g/mol. The third kappa shape index (κ3) is 4.28. The summed E-state index contributed by atoms with van der Waals surface area (Å²) in [4.78, 5) is 0. The van der Waals surface area contributed by atoms with Gasteiger partial charge in [-0.1, -0.05) is 65.8 Å². The van der Waals surface area contributed by atoms with Gasteiger partial charge in [-0.15, -0.1) is 0 Å². The number of phenolic OH excluding ortho intramolecular Hbond substituents is 1. The highest BCUT2D eigenvalue weighted by atomic mass is 16.3. The van der Waals surface area contributed by atoms with E-state index in [1.54, 1.807) is 0 Å². The third-order valence-corrected chi connectivity index (χ3v) is 4.12. The van der Waals surface area contributed by atoms with Crippen LogP contribution in [0.4, 0.5) is 5.69 Å². The number of hydrogen-bond acceptors (Lipinski definition) is 2. The predicted molar refractivity (Wildman–Crippen MR) is 99.3 cm³/mol. The number of phenols is 1. The first kappa shape index (κ1) is 17.4. The number of anilines is 1. The minimum Gasteiger partial charge on any atom is -0.507 e. The van der Waals surface area contributed by atoms with Crippen molar-refractivity contribution in [2.75, 3.05) is 5.32 Å². The first-order valence-corrected chi connectivity index (χ1v) is 8.25. The molecule has 0 bridgehead atoms. The van der Waals surface area contributed by atoms with Gasteiger partial charge in [0, 0.05) is 17.8 Å². The van der Waals surface area contributed by atoms with Gasteiger partial charge in [-0.25, -0.2) is 0 Å². The molecule has 0 aromatic heterocycles. The minimum atomic E-state index is -0.0904. The van der Waals surface area contributed by atoms with E-state index >= 15 is 0 Å². The van der Waals surface area contributed by atoms with Crippen LogP contribution in [0.3, 0.4) is 0 Å². The van der Waals surface area contributed by atoms with Crippen LogP contribution in [-0.4, -0.2) is 5.11 Å². The molecule has 2 nitrogen and oxygen atoms in total. The van der Waals surface area contributed by atoms with E-state index in [-0.39, 0.29) is 10.8 Å². The number of benzene rings is 2. The Hall–Kier alpha value is -1.96. The summed E-state index contributed by atoms with van der Waals surface area (Å²) in [5.41, 5.74) is 4.23. The summed E-state index contributed by atoms with van der Waals surface area (Å²) in [5, 5.41) is 14.2. The van der Waals surface area contributed by atoms with Crippen molar-refractivity contribution in [3.05, 3.63) is 59.2 Å². The van der Waals surface area contributed by atoms with Crippen molar-refractivity contribution in [1.82, 2.24) is 0 Å². The molecule has 0 aliphatic heterocycles. The maximum absolute atomic E-state index is 10.8. The molecule has 0 radical (unpaired) electrons. The zero-order valence-electron chi connectivity index (χ0n) is 15.2. The Balaban J connectivity index is 2.41. The molecular formula is C21H29NO. The van der Waals surface area contributed by atoms with Gasteiger partial charge in [-0.05, 0) is 40.2 Å². The molecule has 0 heterocycles. The van der Waals surface area contributed by atoms with Crippen LogP contribution >= 0.6 is 0 Å². The molecule has 0 saturated heterocycles. The lowest BCUT2D eigenvalue weighted by atomic mass is 9.79. The molecule has 0 aliphatic carbocycles. The molecule has 2 aromatic rings. The molecule has 0 spiro atoms. The van der Waals surface area contributed by atoms with Crippen molar-refractivity contribution in [2.24, 2.45) is 0 Å². The highest BCUT2D eigenvalue weighted by molar-refractivity contribution is 5.51. The molecule has 0 unspecified atom stereocenters. The van der Waals surface area contributed by atoms with Gasteiger partial charge >= 0.3 is 0 Å². The van der Waals surface area contributed by atoms with E-state index in [2.05, 4.69) is 59.0 Å². The average molecular weight is 311 g/mol. The van der Waals surface area contributed by atoms with Gasteiger partial charge < -0.3 is 10.4 Å². The molecule has 0 atom stereocenters. The van der Waals surface area contributed by atoms with E-state index in [0.29, 0.717) is 12.3 Å². The Bertz CT molecular complexity index is 661. The van der Waals surface area contributed by atoms with Crippen molar-refractivity contribution in [1.29, 1.82) is 0 Å². The van der Waals surface area contributed by atoms with Gasteiger partial charge in [0.25, 0.3) is 0 Å².